The molecule has 0 heterocycles. The topological polar surface area (TPSA) is 37.3 Å². The van der Waals surface area contributed by atoms with Gasteiger partial charge in [0.15, 0.2) is 0 Å². The van der Waals surface area contributed by atoms with Crippen LogP contribution < -0.4 is 0 Å². The van der Waals surface area contributed by atoms with E-state index < -0.39 is 11.2 Å². The van der Waals surface area contributed by atoms with Crippen molar-refractivity contribution >= 4 is 17.7 Å². The van der Waals surface area contributed by atoms with E-state index in [1.807, 2.05) is 12.1 Å². The molecular weight excluding hydrogens is 172 g/mol. The van der Waals surface area contributed by atoms with Crippen LogP contribution in [0.15, 0.2) is 29.2 Å². The molecule has 2 nitrogen and oxygen atoms in total. The van der Waals surface area contributed by atoms with Crippen molar-refractivity contribution < 1.29 is 9.90 Å². The van der Waals surface area contributed by atoms with Gasteiger partial charge in [-0.25, -0.2) is 0 Å². The number of aliphatic carboxylic acids is 1. The number of carboxylic acids is 1. The Morgan fingerprint density at radius 3 is 2.67 bits per heavy atom. The molecule has 3 heteroatoms. The second kappa shape index (κ2) is 4.16. The van der Waals surface area contributed by atoms with Crippen molar-refractivity contribution in [2.75, 3.05) is 0 Å². The fourth-order valence-corrected chi connectivity index (χ4v) is 1.51. The predicted octanol–water partition coefficient (Wildman–Crippen LogP) is 2.05. The molecule has 1 atom stereocenters. The van der Waals surface area contributed by atoms with Gasteiger partial charge >= 0.3 is 5.97 Å². The van der Waals surface area contributed by atoms with Crippen molar-refractivity contribution in [1.82, 2.24) is 0 Å². The predicted molar refractivity (Wildman–Crippen MR) is 48.2 cm³/mol. The highest BCUT2D eigenvalue weighted by Crippen LogP contribution is 2.22. The average molecular weight is 181 g/mol. The van der Waals surface area contributed by atoms with Crippen molar-refractivity contribution in [3.63, 3.8) is 0 Å². The Labute approximate surface area is 75.6 Å². The molecule has 0 amide bonds. The van der Waals surface area contributed by atoms with Gasteiger partial charge in [-0.1, -0.05) is 12.1 Å². The van der Waals surface area contributed by atoms with E-state index in [9.17, 15) is 4.79 Å². The molecule has 1 radical (unpaired) electrons. The van der Waals surface area contributed by atoms with Gasteiger partial charge < -0.3 is 5.11 Å². The summed E-state index contributed by atoms with van der Waals surface area (Å²) in [4.78, 5) is 11.4. The molecule has 0 aliphatic heterocycles. The summed E-state index contributed by atoms with van der Waals surface area (Å²) in [6.07, 6.45) is 0. The van der Waals surface area contributed by atoms with Crippen LogP contribution in [0.4, 0.5) is 0 Å². The van der Waals surface area contributed by atoms with Gasteiger partial charge in [0.1, 0.15) is 5.25 Å². The lowest BCUT2D eigenvalue weighted by Crippen LogP contribution is -2.10. The van der Waals surface area contributed by atoms with Crippen molar-refractivity contribution in [2.24, 2.45) is 0 Å². The summed E-state index contributed by atoms with van der Waals surface area (Å²) >= 11 is 1.33. The van der Waals surface area contributed by atoms with Crippen LogP contribution in [-0.2, 0) is 4.79 Å². The summed E-state index contributed by atoms with van der Waals surface area (Å²) in [6.45, 7) is 1.67. The number of rotatable bonds is 3. The molecule has 0 aliphatic carbocycles. The summed E-state index contributed by atoms with van der Waals surface area (Å²) in [5.41, 5.74) is 0. The zero-order chi connectivity index (χ0) is 8.97. The van der Waals surface area contributed by atoms with E-state index >= 15 is 0 Å². The molecule has 1 rings (SSSR count). The highest BCUT2D eigenvalue weighted by molar-refractivity contribution is 8.00. The van der Waals surface area contributed by atoms with E-state index in [1.165, 1.54) is 11.8 Å². The number of hydrogen-bond acceptors (Lipinski definition) is 2. The maximum atomic E-state index is 10.5. The Balaban J connectivity index is 2.58. The van der Waals surface area contributed by atoms with Crippen LogP contribution in [0.25, 0.3) is 0 Å². The molecule has 0 bridgehead atoms. The average Bonchev–Trinajstić information content (AvgIpc) is 2.06. The summed E-state index contributed by atoms with van der Waals surface area (Å²) < 4.78 is 0. The van der Waals surface area contributed by atoms with Gasteiger partial charge in [-0.05, 0) is 25.1 Å². The van der Waals surface area contributed by atoms with Gasteiger partial charge in [0.25, 0.3) is 0 Å². The zero-order valence-electron chi connectivity index (χ0n) is 6.65. The van der Waals surface area contributed by atoms with Gasteiger partial charge in [0, 0.05) is 4.90 Å². The zero-order valence-corrected chi connectivity index (χ0v) is 7.47. The van der Waals surface area contributed by atoms with Crippen molar-refractivity contribution in [1.29, 1.82) is 0 Å². The molecule has 63 valence electrons. The van der Waals surface area contributed by atoms with Crippen LogP contribution in [0.2, 0.25) is 0 Å². The maximum Gasteiger partial charge on any atom is 0.316 e. The van der Waals surface area contributed by atoms with E-state index in [1.54, 1.807) is 19.1 Å². The minimum Gasteiger partial charge on any atom is -0.480 e. The summed E-state index contributed by atoms with van der Waals surface area (Å²) in [6, 6.07) is 10.1. The molecule has 12 heavy (non-hydrogen) atoms. The van der Waals surface area contributed by atoms with Gasteiger partial charge in [-0.2, -0.15) is 0 Å². The molecule has 0 saturated carbocycles. The van der Waals surface area contributed by atoms with Crippen LogP contribution in [-0.4, -0.2) is 16.3 Å². The molecule has 1 unspecified atom stereocenters. The SMILES string of the molecule is CC(Sc1cc[c]cc1)C(=O)O. The Morgan fingerprint density at radius 1 is 1.58 bits per heavy atom. The standard InChI is InChI=1S/C9H9O2S/c1-7(9(10)11)12-8-5-3-2-4-6-8/h3-7H,1H3,(H,10,11). The Kier molecular flexibility index (Phi) is 3.17. The van der Waals surface area contributed by atoms with Gasteiger partial charge in [0.2, 0.25) is 0 Å². The molecule has 1 aromatic carbocycles. The Bertz CT molecular complexity index is 258. The van der Waals surface area contributed by atoms with Crippen LogP contribution in [0.5, 0.6) is 0 Å². The third-order valence-corrected chi connectivity index (χ3v) is 2.45. The maximum absolute atomic E-state index is 10.5. The first-order chi connectivity index (χ1) is 5.70. The third kappa shape index (κ3) is 2.58. The van der Waals surface area contributed by atoms with Crippen LogP contribution in [0, 0.1) is 6.07 Å². The second-order valence-electron chi connectivity index (χ2n) is 2.33. The van der Waals surface area contributed by atoms with E-state index in [0.29, 0.717) is 0 Å². The van der Waals surface area contributed by atoms with Gasteiger partial charge in [-0.15, -0.1) is 11.8 Å². The van der Waals surface area contributed by atoms with Crippen LogP contribution >= 0.6 is 11.8 Å². The lowest BCUT2D eigenvalue weighted by molar-refractivity contribution is -0.136. The summed E-state index contributed by atoms with van der Waals surface area (Å²) in [5, 5.41) is 8.22. The molecule has 0 saturated heterocycles. The Morgan fingerprint density at radius 2 is 2.17 bits per heavy atom. The van der Waals surface area contributed by atoms with Crippen molar-refractivity contribution in [3.05, 3.63) is 30.3 Å². The normalized spacial score (nSPS) is 12.4. The number of thioether (sulfide) groups is 1. The minimum absolute atomic E-state index is 0.396. The fourth-order valence-electron chi connectivity index (χ4n) is 0.705. The van der Waals surface area contributed by atoms with Crippen LogP contribution in [0.3, 0.4) is 0 Å². The van der Waals surface area contributed by atoms with E-state index in [0.717, 1.165) is 4.90 Å². The first kappa shape index (κ1) is 9.13. The highest BCUT2D eigenvalue weighted by Gasteiger charge is 2.11. The first-order valence-corrected chi connectivity index (χ1v) is 4.43. The monoisotopic (exact) mass is 181 g/mol. The third-order valence-electron chi connectivity index (χ3n) is 1.35. The van der Waals surface area contributed by atoms with E-state index in [4.69, 9.17) is 5.11 Å². The smallest absolute Gasteiger partial charge is 0.316 e. The van der Waals surface area contributed by atoms with E-state index in [2.05, 4.69) is 6.07 Å². The van der Waals surface area contributed by atoms with Gasteiger partial charge in [0.05, 0.1) is 0 Å². The minimum atomic E-state index is -0.784. The summed E-state index contributed by atoms with van der Waals surface area (Å²) in [7, 11) is 0. The number of benzene rings is 1. The molecular formula is C9H9O2S. The molecule has 1 aromatic rings. The second-order valence-corrected chi connectivity index (χ2v) is 3.75. The highest BCUT2D eigenvalue weighted by atomic mass is 32.2. The van der Waals surface area contributed by atoms with E-state index in [-0.39, 0.29) is 0 Å². The van der Waals surface area contributed by atoms with Crippen LogP contribution in [0.1, 0.15) is 6.92 Å². The molecule has 1 N–H and O–H groups in total. The number of hydrogen-bond donors (Lipinski definition) is 1. The molecule has 0 fully saturated rings. The Hall–Kier alpha value is -0.960. The fraction of sp³-hybridized carbons (Fsp3) is 0.222. The lowest BCUT2D eigenvalue weighted by atomic mass is 10.4. The summed E-state index contributed by atoms with van der Waals surface area (Å²) in [5.74, 6) is -0.784. The lowest BCUT2D eigenvalue weighted by Gasteiger charge is -2.04. The molecule has 0 aliphatic rings. The van der Waals surface area contributed by atoms with Crippen molar-refractivity contribution in [2.45, 2.75) is 17.1 Å². The molecule has 0 spiro atoms. The first-order valence-electron chi connectivity index (χ1n) is 3.55. The van der Waals surface area contributed by atoms with Gasteiger partial charge in [-0.3, -0.25) is 4.79 Å². The van der Waals surface area contributed by atoms with Crippen molar-refractivity contribution in [3.8, 4) is 0 Å². The number of carboxylic acid groups (broad SMARTS) is 1. The number of carbonyl (C=O) groups is 1. The molecule has 0 aromatic heterocycles. The largest absolute Gasteiger partial charge is 0.480 e. The quantitative estimate of drug-likeness (QED) is 0.725.